The first kappa shape index (κ1) is 18.5. The fraction of sp³-hybridized carbons (Fsp3) is 0.778. The van der Waals surface area contributed by atoms with Gasteiger partial charge in [0.2, 0.25) is 0 Å². The summed E-state index contributed by atoms with van der Waals surface area (Å²) in [5, 5.41) is 39.2. The van der Waals surface area contributed by atoms with Crippen molar-refractivity contribution < 1.29 is 28.4 Å². The number of nitrogens with zero attached hydrogens (tertiary/aromatic N) is 4. The molecule has 0 amide bonds. The molecule has 2 rings (SSSR count). The van der Waals surface area contributed by atoms with Gasteiger partial charge in [-0.1, -0.05) is 11.5 Å². The highest BCUT2D eigenvalue weighted by Crippen LogP contribution is 2.32. The molecule has 0 aliphatic carbocycles. The smallest absolute Gasteiger partial charge is 0.451 e. The summed E-state index contributed by atoms with van der Waals surface area (Å²) in [6, 6.07) is 0. The Balaban J connectivity index is 2.11. The Hall–Kier alpha value is -1.81. The standard InChI is InChI=1S/C9H18BN7O6S/c11-9(7(18)19)5-17(4-6(9)2-1-3-10(20)21)24(22,23)14-8-12-15-16-13-8/h6,20-21H,1-5,11H2,(H,18,19)(H2,12,13,14,15,16)/t6-,9-/m0/s1. The average molecular weight is 363 g/mol. The number of anilines is 1. The van der Waals surface area contributed by atoms with Crippen LogP contribution in [0.5, 0.6) is 0 Å². The lowest BCUT2D eigenvalue weighted by atomic mass is 9.78. The Labute approximate surface area is 137 Å². The van der Waals surface area contributed by atoms with Gasteiger partial charge in [-0.25, -0.2) is 9.82 Å². The van der Waals surface area contributed by atoms with Crippen LogP contribution < -0.4 is 10.5 Å². The van der Waals surface area contributed by atoms with E-state index >= 15 is 0 Å². The summed E-state index contributed by atoms with van der Waals surface area (Å²) in [7, 11) is -5.60. The summed E-state index contributed by atoms with van der Waals surface area (Å²) >= 11 is 0. The second kappa shape index (κ2) is 6.98. The molecule has 1 aromatic rings. The van der Waals surface area contributed by atoms with Crippen molar-refractivity contribution in [3.63, 3.8) is 0 Å². The van der Waals surface area contributed by atoms with Gasteiger partial charge in [0.05, 0.1) is 0 Å². The van der Waals surface area contributed by atoms with Crippen LogP contribution in [0, 0.1) is 5.92 Å². The van der Waals surface area contributed by atoms with Crippen LogP contribution in [0.1, 0.15) is 12.8 Å². The van der Waals surface area contributed by atoms with E-state index in [2.05, 4.69) is 25.3 Å². The molecular formula is C9H18BN7O6S. The summed E-state index contributed by atoms with van der Waals surface area (Å²) in [6.07, 6.45) is 0.569. The lowest BCUT2D eigenvalue weighted by Crippen LogP contribution is -2.55. The van der Waals surface area contributed by atoms with Crippen molar-refractivity contribution in [1.29, 1.82) is 0 Å². The van der Waals surface area contributed by atoms with E-state index in [-0.39, 0.29) is 25.2 Å². The number of carboxylic acids is 1. The van der Waals surface area contributed by atoms with E-state index in [0.717, 1.165) is 4.31 Å². The number of tetrazole rings is 1. The minimum Gasteiger partial charge on any atom is -0.480 e. The fourth-order valence-electron chi connectivity index (χ4n) is 2.60. The highest BCUT2D eigenvalue weighted by atomic mass is 32.2. The maximum Gasteiger partial charge on any atom is 0.451 e. The van der Waals surface area contributed by atoms with Crippen LogP contribution in [-0.4, -0.2) is 80.2 Å². The molecule has 1 aromatic heterocycles. The van der Waals surface area contributed by atoms with Gasteiger partial charge >= 0.3 is 23.3 Å². The summed E-state index contributed by atoms with van der Waals surface area (Å²) in [5.41, 5.74) is 4.15. The second-order valence-electron chi connectivity index (χ2n) is 5.60. The van der Waals surface area contributed by atoms with Crippen molar-refractivity contribution in [1.82, 2.24) is 24.9 Å². The van der Waals surface area contributed by atoms with E-state index in [0.29, 0.717) is 6.42 Å². The molecule has 1 fully saturated rings. The van der Waals surface area contributed by atoms with Gasteiger partial charge in [0.15, 0.2) is 0 Å². The fourth-order valence-corrected chi connectivity index (χ4v) is 3.82. The molecule has 15 heteroatoms. The van der Waals surface area contributed by atoms with Crippen molar-refractivity contribution >= 4 is 29.2 Å². The zero-order valence-corrected chi connectivity index (χ0v) is 13.3. The predicted octanol–water partition coefficient (Wildman–Crippen LogP) is -3.18. The molecule has 7 N–H and O–H groups in total. The largest absolute Gasteiger partial charge is 0.480 e. The molecule has 0 radical (unpaired) electrons. The molecule has 2 atom stereocenters. The Morgan fingerprint density at radius 1 is 1.54 bits per heavy atom. The minimum atomic E-state index is -4.09. The molecule has 0 spiro atoms. The minimum absolute atomic E-state index is 0.0426. The number of nitrogens with one attached hydrogen (secondary N) is 2. The normalized spacial score (nSPS) is 24.9. The van der Waals surface area contributed by atoms with E-state index in [9.17, 15) is 18.3 Å². The van der Waals surface area contributed by atoms with Gasteiger partial charge in [-0.15, -0.1) is 0 Å². The molecule has 1 aliphatic rings. The summed E-state index contributed by atoms with van der Waals surface area (Å²) < 4.78 is 27.6. The summed E-state index contributed by atoms with van der Waals surface area (Å²) in [6.45, 7) is -0.549. The molecule has 1 aliphatic heterocycles. The molecule has 1 saturated heterocycles. The van der Waals surface area contributed by atoms with E-state index < -0.39 is 41.3 Å². The third-order valence-electron chi connectivity index (χ3n) is 3.91. The van der Waals surface area contributed by atoms with E-state index in [1.54, 1.807) is 0 Å². The highest BCUT2D eigenvalue weighted by molar-refractivity contribution is 7.90. The Morgan fingerprint density at radius 2 is 2.25 bits per heavy atom. The number of carbonyl (C=O) groups is 1. The number of hydrogen-bond donors (Lipinski definition) is 6. The van der Waals surface area contributed by atoms with Crippen LogP contribution in [-0.2, 0) is 15.0 Å². The zero-order valence-electron chi connectivity index (χ0n) is 12.5. The topological polar surface area (TPSA) is 208 Å². The first-order valence-corrected chi connectivity index (χ1v) is 8.49. The number of aliphatic carboxylic acids is 1. The van der Waals surface area contributed by atoms with Crippen LogP contribution in [0.4, 0.5) is 5.95 Å². The first-order valence-electron chi connectivity index (χ1n) is 7.05. The quantitative estimate of drug-likeness (QED) is 0.255. The molecule has 0 aromatic carbocycles. The number of nitrogens with two attached hydrogens (primary N) is 1. The number of carboxylic acid groups (broad SMARTS) is 1. The van der Waals surface area contributed by atoms with Crippen LogP contribution in [0.3, 0.4) is 0 Å². The molecule has 0 saturated carbocycles. The Kier molecular flexibility index (Phi) is 5.39. The average Bonchev–Trinajstić information content (AvgIpc) is 3.07. The lowest BCUT2D eigenvalue weighted by Gasteiger charge is -2.25. The lowest BCUT2D eigenvalue weighted by molar-refractivity contribution is -0.144. The van der Waals surface area contributed by atoms with E-state index in [1.165, 1.54) is 0 Å². The second-order valence-corrected chi connectivity index (χ2v) is 7.27. The monoisotopic (exact) mass is 363 g/mol. The van der Waals surface area contributed by atoms with Gasteiger partial charge in [-0.2, -0.15) is 12.7 Å². The van der Waals surface area contributed by atoms with Gasteiger partial charge in [-0.3, -0.25) is 4.79 Å². The molecule has 24 heavy (non-hydrogen) atoms. The van der Waals surface area contributed by atoms with Crippen molar-refractivity contribution in [2.45, 2.75) is 24.7 Å². The van der Waals surface area contributed by atoms with Crippen molar-refractivity contribution in [3.05, 3.63) is 0 Å². The number of H-pyrrole nitrogens is 1. The van der Waals surface area contributed by atoms with Crippen molar-refractivity contribution in [2.75, 3.05) is 17.8 Å². The Morgan fingerprint density at radius 3 is 2.79 bits per heavy atom. The SMILES string of the molecule is N[C@@]1(C(=O)O)CN(S(=O)(=O)Nc2nnn[nH]2)C[C@@H]1CCCB(O)O. The van der Waals surface area contributed by atoms with Gasteiger partial charge < -0.3 is 20.9 Å². The maximum absolute atomic E-state index is 12.3. The Bertz CT molecular complexity index is 670. The van der Waals surface area contributed by atoms with Gasteiger partial charge in [0.25, 0.3) is 5.95 Å². The molecular weight excluding hydrogens is 345 g/mol. The van der Waals surface area contributed by atoms with Gasteiger partial charge in [0.1, 0.15) is 5.54 Å². The van der Waals surface area contributed by atoms with E-state index in [1.807, 2.05) is 0 Å². The van der Waals surface area contributed by atoms with Crippen LogP contribution in [0.2, 0.25) is 6.32 Å². The third kappa shape index (κ3) is 3.99. The number of rotatable bonds is 8. The van der Waals surface area contributed by atoms with Crippen LogP contribution >= 0.6 is 0 Å². The first-order chi connectivity index (χ1) is 11.1. The van der Waals surface area contributed by atoms with Gasteiger partial charge in [0, 0.05) is 19.0 Å². The number of hydrogen-bond acceptors (Lipinski definition) is 9. The molecule has 2 heterocycles. The molecule has 13 nitrogen and oxygen atoms in total. The third-order valence-corrected chi connectivity index (χ3v) is 5.32. The van der Waals surface area contributed by atoms with Crippen molar-refractivity contribution in [2.24, 2.45) is 11.7 Å². The molecule has 0 unspecified atom stereocenters. The summed E-state index contributed by atoms with van der Waals surface area (Å²) in [5.74, 6) is -2.21. The zero-order chi connectivity index (χ0) is 18.0. The highest BCUT2D eigenvalue weighted by Gasteiger charge is 2.52. The van der Waals surface area contributed by atoms with Gasteiger partial charge in [-0.05, 0) is 23.2 Å². The number of aromatic amines is 1. The predicted molar refractivity (Wildman–Crippen MR) is 80.6 cm³/mol. The molecule has 134 valence electrons. The van der Waals surface area contributed by atoms with Crippen LogP contribution in [0.15, 0.2) is 0 Å². The van der Waals surface area contributed by atoms with E-state index in [4.69, 9.17) is 15.8 Å². The van der Waals surface area contributed by atoms with Crippen LogP contribution in [0.25, 0.3) is 0 Å². The maximum atomic E-state index is 12.3. The number of aromatic nitrogens is 4. The summed E-state index contributed by atoms with van der Waals surface area (Å²) in [4.78, 5) is 11.5. The molecule has 0 bridgehead atoms. The van der Waals surface area contributed by atoms with Crippen molar-refractivity contribution in [3.8, 4) is 0 Å².